The summed E-state index contributed by atoms with van der Waals surface area (Å²) in [4.78, 5) is 0. The van der Waals surface area contributed by atoms with Gasteiger partial charge in [-0.3, -0.25) is 4.50 Å². The van der Waals surface area contributed by atoms with Crippen LogP contribution in [0.4, 0.5) is 0 Å². The first-order valence-electron chi connectivity index (χ1n) is 4.35. The zero-order valence-corrected chi connectivity index (χ0v) is 12.0. The molecule has 3 heteroatoms. The zero-order valence-electron chi connectivity index (χ0n) is 9.19. The third-order valence-electron chi connectivity index (χ3n) is 1.56. The van der Waals surface area contributed by atoms with Crippen LogP contribution in [0.15, 0.2) is 12.0 Å². The van der Waals surface area contributed by atoms with Crippen molar-refractivity contribution in [3.8, 4) is 0 Å². The van der Waals surface area contributed by atoms with Crippen LogP contribution in [0.25, 0.3) is 0 Å². The Labute approximate surface area is 83.9 Å². The lowest BCUT2D eigenvalue weighted by molar-refractivity contribution is 1.61. The van der Waals surface area contributed by atoms with E-state index in [1.807, 2.05) is 17.2 Å². The molecule has 0 radical (unpaired) electrons. The number of rotatable bonds is 4. The Morgan fingerprint density at radius 1 is 1.00 bits per heavy atom. The largest absolute Gasteiger partial charge is 0.325 e. The Morgan fingerprint density at radius 2 is 1.33 bits per heavy atom. The molecule has 0 atom stereocenters. The minimum atomic E-state index is -1.07. The van der Waals surface area contributed by atoms with Gasteiger partial charge >= 0.3 is 0 Å². The van der Waals surface area contributed by atoms with Crippen molar-refractivity contribution < 1.29 is 0 Å². The van der Waals surface area contributed by atoms with Gasteiger partial charge in [0.05, 0.1) is 0 Å². The molecule has 0 nitrogen and oxygen atoms in total. The molecule has 0 spiro atoms. The predicted molar refractivity (Wildman–Crippen MR) is 67.7 cm³/mol. The van der Waals surface area contributed by atoms with E-state index in [-0.39, 0.29) is 0 Å². The van der Waals surface area contributed by atoms with Crippen LogP contribution in [0.3, 0.4) is 0 Å². The van der Waals surface area contributed by atoms with Crippen molar-refractivity contribution in [3.63, 3.8) is 0 Å². The summed E-state index contributed by atoms with van der Waals surface area (Å²) in [5.74, 6) is 0. The molecular formula is C9H21SSi2-. The van der Waals surface area contributed by atoms with Crippen LogP contribution in [-0.4, -0.2) is 16.1 Å². The van der Waals surface area contributed by atoms with Gasteiger partial charge in [-0.25, -0.2) is 0 Å². The molecule has 0 aromatic heterocycles. The first kappa shape index (κ1) is 12.5. The van der Waals surface area contributed by atoms with Crippen molar-refractivity contribution >= 4 is 27.9 Å². The number of hydrogen-bond donors (Lipinski definition) is 0. The van der Waals surface area contributed by atoms with Gasteiger partial charge in [-0.15, -0.1) is 0 Å². The molecule has 0 aliphatic heterocycles. The van der Waals surface area contributed by atoms with Crippen molar-refractivity contribution in [2.75, 3.05) is 0 Å². The maximum Gasteiger partial charge on any atom is -0.0689 e. The quantitative estimate of drug-likeness (QED) is 0.503. The van der Waals surface area contributed by atoms with Crippen LogP contribution < -0.4 is 0 Å². The minimum absolute atomic E-state index is 1.07. The standard InChI is InChI=1S/C9H21SSi2/c1-8-10-9(11(2,3)4)12(5,6)7/h8H,1H2,2-7H3/q-1. The van der Waals surface area contributed by atoms with Crippen molar-refractivity contribution in [1.82, 2.24) is 0 Å². The second kappa shape index (κ2) is 4.16. The van der Waals surface area contributed by atoms with E-state index >= 15 is 0 Å². The molecule has 0 bridgehead atoms. The fourth-order valence-corrected chi connectivity index (χ4v) is 14.1. The maximum absolute atomic E-state index is 3.81. The van der Waals surface area contributed by atoms with E-state index in [4.69, 9.17) is 0 Å². The molecule has 0 aromatic carbocycles. The highest BCUT2D eigenvalue weighted by Gasteiger charge is 2.22. The van der Waals surface area contributed by atoms with E-state index in [9.17, 15) is 0 Å². The maximum atomic E-state index is 3.81. The van der Waals surface area contributed by atoms with Gasteiger partial charge in [-0.05, 0) is 0 Å². The average Bonchev–Trinajstić information content (AvgIpc) is 1.77. The highest BCUT2D eigenvalue weighted by molar-refractivity contribution is 8.09. The summed E-state index contributed by atoms with van der Waals surface area (Å²) in [5.41, 5.74) is 0. The highest BCUT2D eigenvalue weighted by atomic mass is 32.2. The fourth-order valence-electron chi connectivity index (χ4n) is 1.56. The normalized spacial score (nSPS) is 13.6. The van der Waals surface area contributed by atoms with Gasteiger partial charge in [-0.2, -0.15) is 0 Å². The van der Waals surface area contributed by atoms with E-state index in [1.54, 1.807) is 4.50 Å². The van der Waals surface area contributed by atoms with Gasteiger partial charge in [0.2, 0.25) is 0 Å². The first-order chi connectivity index (χ1) is 5.19. The van der Waals surface area contributed by atoms with Crippen LogP contribution in [0.1, 0.15) is 0 Å². The molecule has 0 aliphatic carbocycles. The zero-order chi connectivity index (χ0) is 9.99. The lowest BCUT2D eigenvalue weighted by Gasteiger charge is -2.51. The third-order valence-corrected chi connectivity index (χ3v) is 13.6. The molecule has 12 heavy (non-hydrogen) atoms. The van der Waals surface area contributed by atoms with Gasteiger partial charge in [0.15, 0.2) is 0 Å². The van der Waals surface area contributed by atoms with Crippen molar-refractivity contribution in [2.45, 2.75) is 39.3 Å². The van der Waals surface area contributed by atoms with Gasteiger partial charge in [0.1, 0.15) is 0 Å². The molecule has 72 valence electrons. The summed E-state index contributed by atoms with van der Waals surface area (Å²) >= 11 is 1.89. The molecule has 0 aliphatic rings. The molecule has 0 unspecified atom stereocenters. The van der Waals surface area contributed by atoms with E-state index in [0.717, 1.165) is 0 Å². The monoisotopic (exact) mass is 217 g/mol. The Bertz CT molecular complexity index is 139. The van der Waals surface area contributed by atoms with Gasteiger partial charge in [-0.1, -0.05) is 67.4 Å². The van der Waals surface area contributed by atoms with Gasteiger partial charge in [0, 0.05) is 0 Å². The Kier molecular flexibility index (Phi) is 4.34. The van der Waals surface area contributed by atoms with E-state index in [1.165, 1.54) is 0 Å². The van der Waals surface area contributed by atoms with Crippen molar-refractivity contribution in [1.29, 1.82) is 0 Å². The third kappa shape index (κ3) is 3.96. The number of hydrogen-bond acceptors (Lipinski definition) is 1. The first-order valence-corrected chi connectivity index (χ1v) is 12.2. The predicted octanol–water partition coefficient (Wildman–Crippen LogP) is 4.15. The van der Waals surface area contributed by atoms with Crippen molar-refractivity contribution in [2.24, 2.45) is 0 Å². The topological polar surface area (TPSA) is 0 Å². The van der Waals surface area contributed by atoms with Crippen LogP contribution in [0.2, 0.25) is 39.3 Å². The SMILES string of the molecule is C=CS[C-]([Si](C)(C)C)[Si](C)(C)C. The van der Waals surface area contributed by atoms with Gasteiger partial charge < -0.3 is 11.8 Å². The van der Waals surface area contributed by atoms with Crippen LogP contribution in [0.5, 0.6) is 0 Å². The van der Waals surface area contributed by atoms with E-state index in [0.29, 0.717) is 0 Å². The van der Waals surface area contributed by atoms with Crippen molar-refractivity contribution in [3.05, 3.63) is 16.5 Å². The molecule has 0 amide bonds. The highest BCUT2D eigenvalue weighted by Crippen LogP contribution is 2.38. The fraction of sp³-hybridized carbons (Fsp3) is 0.667. The summed E-state index contributed by atoms with van der Waals surface area (Å²) in [7, 11) is -2.15. The molecule has 0 saturated heterocycles. The number of thioether (sulfide) groups is 1. The molecule has 0 aromatic rings. The second-order valence-electron chi connectivity index (χ2n) is 5.11. The summed E-state index contributed by atoms with van der Waals surface area (Å²) in [5, 5.41) is 1.99. The van der Waals surface area contributed by atoms with Gasteiger partial charge in [0.25, 0.3) is 0 Å². The molecule has 0 saturated carbocycles. The average molecular weight is 218 g/mol. The Hall–Kier alpha value is 0.524. The lowest BCUT2D eigenvalue weighted by Crippen LogP contribution is -2.44. The minimum Gasteiger partial charge on any atom is -0.325 e. The molecule has 0 rings (SSSR count). The molecule has 0 fully saturated rings. The molecule has 0 heterocycles. The van der Waals surface area contributed by atoms with E-state index in [2.05, 4.69) is 45.9 Å². The van der Waals surface area contributed by atoms with Crippen LogP contribution >= 0.6 is 11.8 Å². The summed E-state index contributed by atoms with van der Waals surface area (Å²) in [6, 6.07) is 0. The van der Waals surface area contributed by atoms with E-state index < -0.39 is 16.1 Å². The smallest absolute Gasteiger partial charge is 0.0689 e. The molecular weight excluding hydrogens is 196 g/mol. The van der Waals surface area contributed by atoms with Crippen LogP contribution in [0, 0.1) is 4.50 Å². The Balaban J connectivity index is 4.56. The second-order valence-corrected chi connectivity index (χ2v) is 17.3. The Morgan fingerprint density at radius 3 is 1.42 bits per heavy atom. The molecule has 0 N–H and O–H groups in total. The summed E-state index contributed by atoms with van der Waals surface area (Å²) in [6.07, 6.45) is 0. The summed E-state index contributed by atoms with van der Waals surface area (Å²) < 4.78 is 1.77. The lowest BCUT2D eigenvalue weighted by atomic mass is 11.3. The van der Waals surface area contributed by atoms with Crippen LogP contribution in [-0.2, 0) is 0 Å². The summed E-state index contributed by atoms with van der Waals surface area (Å²) in [6.45, 7) is 18.4.